The Bertz CT molecular complexity index is 1030. The highest BCUT2D eigenvalue weighted by Gasteiger charge is 2.29. The number of carbonyl (C=O) groups is 1. The van der Waals surface area contributed by atoms with E-state index in [1.165, 1.54) is 12.1 Å². The van der Waals surface area contributed by atoms with Crippen molar-refractivity contribution >= 4 is 17.5 Å². The molecule has 0 fully saturated rings. The molecule has 3 rings (SSSR count). The Morgan fingerprint density at radius 2 is 1.82 bits per heavy atom. The SMILES string of the molecule is CC(CNCCCNc1cccnc1N)c1cccc(C(C)(C)C(=O)O)c1.Fc1ccccc1. The molecule has 182 valence electrons. The lowest BCUT2D eigenvalue weighted by atomic mass is 9.83. The maximum atomic E-state index is 11.9. The Balaban J connectivity index is 0.000000497. The van der Waals surface area contributed by atoms with E-state index in [0.717, 1.165) is 42.9 Å². The molecule has 0 aliphatic carbocycles. The van der Waals surface area contributed by atoms with E-state index >= 15 is 0 Å². The number of anilines is 2. The molecule has 1 atom stereocenters. The molecule has 0 bridgehead atoms. The molecule has 0 saturated heterocycles. The van der Waals surface area contributed by atoms with Crippen molar-refractivity contribution in [3.63, 3.8) is 0 Å². The number of aromatic nitrogens is 1. The molecule has 0 amide bonds. The molecule has 7 heteroatoms. The number of carboxylic acid groups (broad SMARTS) is 1. The van der Waals surface area contributed by atoms with Gasteiger partial charge in [0.05, 0.1) is 11.1 Å². The molecule has 0 aliphatic heterocycles. The number of carboxylic acids is 1. The van der Waals surface area contributed by atoms with Gasteiger partial charge in [-0.15, -0.1) is 0 Å². The molecule has 0 spiro atoms. The normalized spacial score (nSPS) is 11.8. The Morgan fingerprint density at radius 1 is 1.09 bits per heavy atom. The molecular formula is C27H35FN4O2. The Kier molecular flexibility index (Phi) is 10.5. The minimum Gasteiger partial charge on any atom is -0.481 e. The van der Waals surface area contributed by atoms with Crippen molar-refractivity contribution in [2.75, 3.05) is 30.7 Å². The van der Waals surface area contributed by atoms with Gasteiger partial charge in [0.2, 0.25) is 0 Å². The summed E-state index contributed by atoms with van der Waals surface area (Å²) < 4.78 is 11.9. The first-order valence-corrected chi connectivity index (χ1v) is 11.4. The van der Waals surface area contributed by atoms with Crippen LogP contribution in [0.15, 0.2) is 72.9 Å². The number of aliphatic carboxylic acids is 1. The molecule has 3 aromatic rings. The smallest absolute Gasteiger partial charge is 0.313 e. The molecule has 1 unspecified atom stereocenters. The van der Waals surface area contributed by atoms with Gasteiger partial charge in [0, 0.05) is 19.3 Å². The van der Waals surface area contributed by atoms with E-state index in [1.807, 2.05) is 30.3 Å². The monoisotopic (exact) mass is 466 g/mol. The van der Waals surface area contributed by atoms with Gasteiger partial charge >= 0.3 is 5.97 Å². The number of benzene rings is 2. The highest BCUT2D eigenvalue weighted by molar-refractivity contribution is 5.80. The second-order valence-corrected chi connectivity index (χ2v) is 8.67. The van der Waals surface area contributed by atoms with Crippen LogP contribution in [0.1, 0.15) is 44.2 Å². The molecule has 0 radical (unpaired) electrons. The maximum absolute atomic E-state index is 11.9. The van der Waals surface area contributed by atoms with Crippen LogP contribution in [0.5, 0.6) is 0 Å². The standard InChI is InChI=1S/C21H30N4O2.C6H5F/c1-15(16-7-4-8-17(13-16)21(2,3)20(26)27)14-23-10-6-12-24-18-9-5-11-25-19(18)22;7-6-4-2-1-3-5-6/h4-5,7-9,11,13,15,23-24H,6,10,12,14H2,1-3H3,(H2,22,25)(H,26,27);1-5H. The average Bonchev–Trinajstić information content (AvgIpc) is 2.83. The first-order chi connectivity index (χ1) is 16.2. The van der Waals surface area contributed by atoms with Crippen molar-refractivity contribution in [2.45, 2.75) is 38.5 Å². The summed E-state index contributed by atoms with van der Waals surface area (Å²) in [6, 6.07) is 19.6. The lowest BCUT2D eigenvalue weighted by Gasteiger charge is -2.22. The van der Waals surface area contributed by atoms with Gasteiger partial charge in [0.15, 0.2) is 0 Å². The quantitative estimate of drug-likeness (QED) is 0.312. The van der Waals surface area contributed by atoms with E-state index in [4.69, 9.17) is 5.73 Å². The van der Waals surface area contributed by atoms with Crippen LogP contribution in [-0.4, -0.2) is 35.7 Å². The zero-order chi connectivity index (χ0) is 25.0. The van der Waals surface area contributed by atoms with Crippen molar-refractivity contribution in [1.82, 2.24) is 10.3 Å². The van der Waals surface area contributed by atoms with Crippen LogP contribution in [0.3, 0.4) is 0 Å². The third kappa shape index (κ3) is 8.48. The summed E-state index contributed by atoms with van der Waals surface area (Å²) in [6.45, 7) is 8.16. The van der Waals surface area contributed by atoms with Crippen LogP contribution < -0.4 is 16.4 Å². The minimum absolute atomic E-state index is 0.178. The summed E-state index contributed by atoms with van der Waals surface area (Å²) in [7, 11) is 0. The number of nitrogens with zero attached hydrogens (tertiary/aromatic N) is 1. The Hall–Kier alpha value is -3.45. The van der Waals surface area contributed by atoms with Crippen LogP contribution in [0.2, 0.25) is 0 Å². The second kappa shape index (κ2) is 13.3. The molecular weight excluding hydrogens is 431 g/mol. The lowest BCUT2D eigenvalue weighted by molar-refractivity contribution is -0.142. The topological polar surface area (TPSA) is 100 Å². The summed E-state index contributed by atoms with van der Waals surface area (Å²) >= 11 is 0. The van der Waals surface area contributed by atoms with Gasteiger partial charge in [-0.05, 0) is 68.1 Å². The number of pyridine rings is 1. The van der Waals surface area contributed by atoms with Gasteiger partial charge in [-0.25, -0.2) is 9.37 Å². The van der Waals surface area contributed by atoms with Gasteiger partial charge < -0.3 is 21.5 Å². The maximum Gasteiger partial charge on any atom is 0.313 e. The highest BCUT2D eigenvalue weighted by atomic mass is 19.1. The van der Waals surface area contributed by atoms with Gasteiger partial charge in [-0.1, -0.05) is 49.4 Å². The Labute approximate surface area is 201 Å². The van der Waals surface area contributed by atoms with Crippen molar-refractivity contribution < 1.29 is 14.3 Å². The fourth-order valence-corrected chi connectivity index (χ4v) is 3.21. The largest absolute Gasteiger partial charge is 0.481 e. The third-order valence-electron chi connectivity index (χ3n) is 5.58. The van der Waals surface area contributed by atoms with E-state index < -0.39 is 11.4 Å². The van der Waals surface area contributed by atoms with Gasteiger partial charge in [-0.3, -0.25) is 4.79 Å². The van der Waals surface area contributed by atoms with Crippen molar-refractivity contribution in [1.29, 1.82) is 0 Å². The number of nitrogen functional groups attached to an aromatic ring is 1. The summed E-state index contributed by atoms with van der Waals surface area (Å²) in [6.07, 6.45) is 2.64. The van der Waals surface area contributed by atoms with Gasteiger partial charge in [0.1, 0.15) is 11.6 Å². The highest BCUT2D eigenvalue weighted by Crippen LogP contribution is 2.26. The van der Waals surface area contributed by atoms with Gasteiger partial charge in [-0.2, -0.15) is 0 Å². The number of nitrogens with one attached hydrogen (secondary N) is 2. The van der Waals surface area contributed by atoms with Crippen LogP contribution in [0.25, 0.3) is 0 Å². The third-order valence-corrected chi connectivity index (χ3v) is 5.58. The van der Waals surface area contributed by atoms with E-state index in [2.05, 4.69) is 28.6 Å². The fraction of sp³-hybridized carbons (Fsp3) is 0.333. The first-order valence-electron chi connectivity index (χ1n) is 11.4. The van der Waals surface area contributed by atoms with E-state index in [0.29, 0.717) is 11.7 Å². The van der Waals surface area contributed by atoms with Crippen LogP contribution in [0.4, 0.5) is 15.9 Å². The zero-order valence-electron chi connectivity index (χ0n) is 20.1. The molecule has 34 heavy (non-hydrogen) atoms. The summed E-state index contributed by atoms with van der Waals surface area (Å²) in [4.78, 5) is 15.5. The zero-order valence-corrected chi connectivity index (χ0v) is 20.1. The molecule has 0 aliphatic rings. The number of hydrogen-bond acceptors (Lipinski definition) is 5. The molecule has 0 saturated carbocycles. The predicted octanol–water partition coefficient (Wildman–Crippen LogP) is 5.05. The molecule has 2 aromatic carbocycles. The van der Waals surface area contributed by atoms with E-state index in [-0.39, 0.29) is 5.82 Å². The number of halogens is 1. The lowest BCUT2D eigenvalue weighted by Crippen LogP contribution is -2.29. The number of nitrogens with two attached hydrogens (primary N) is 1. The van der Waals surface area contributed by atoms with Gasteiger partial charge in [0.25, 0.3) is 0 Å². The summed E-state index contributed by atoms with van der Waals surface area (Å²) in [5.41, 5.74) is 7.76. The first kappa shape index (κ1) is 26.8. The van der Waals surface area contributed by atoms with E-state index in [1.54, 1.807) is 38.2 Å². The van der Waals surface area contributed by atoms with Crippen molar-refractivity contribution in [2.24, 2.45) is 0 Å². The molecule has 1 heterocycles. The van der Waals surface area contributed by atoms with E-state index in [9.17, 15) is 14.3 Å². The van der Waals surface area contributed by atoms with Crippen LogP contribution in [-0.2, 0) is 10.2 Å². The second-order valence-electron chi connectivity index (χ2n) is 8.67. The molecule has 5 N–H and O–H groups in total. The summed E-state index contributed by atoms with van der Waals surface area (Å²) in [5, 5.41) is 16.2. The van der Waals surface area contributed by atoms with Crippen LogP contribution >= 0.6 is 0 Å². The molecule has 1 aromatic heterocycles. The minimum atomic E-state index is -0.886. The van der Waals surface area contributed by atoms with Crippen molar-refractivity contribution in [3.8, 4) is 0 Å². The fourth-order valence-electron chi connectivity index (χ4n) is 3.21. The predicted molar refractivity (Wildman–Crippen MR) is 137 cm³/mol. The van der Waals surface area contributed by atoms with Crippen molar-refractivity contribution in [3.05, 3.63) is 89.9 Å². The van der Waals surface area contributed by atoms with Crippen LogP contribution in [0, 0.1) is 5.82 Å². The summed E-state index contributed by atoms with van der Waals surface area (Å²) in [5.74, 6) is -0.172. The molecule has 6 nitrogen and oxygen atoms in total. The Morgan fingerprint density at radius 3 is 2.44 bits per heavy atom. The average molecular weight is 467 g/mol. The number of hydrogen-bond donors (Lipinski definition) is 4. The number of rotatable bonds is 10.